The molecule has 2 aliphatic rings. The molecular formula is C38H46N2O6. The number of aliphatic hydroxyl groups is 1. The second kappa shape index (κ2) is 16.7. The molecule has 3 N–H and O–H groups in total. The lowest BCUT2D eigenvalue weighted by Crippen LogP contribution is -2.43. The number of aliphatic hydroxyl groups excluding tert-OH is 1. The Morgan fingerprint density at radius 1 is 0.935 bits per heavy atom. The van der Waals surface area contributed by atoms with Gasteiger partial charge in [0, 0.05) is 50.5 Å². The zero-order chi connectivity index (χ0) is 32.3. The molecule has 1 aliphatic carbocycles. The molecule has 1 saturated carbocycles. The zero-order valence-electron chi connectivity index (χ0n) is 26.5. The van der Waals surface area contributed by atoms with E-state index in [2.05, 4.69) is 28.9 Å². The van der Waals surface area contributed by atoms with Gasteiger partial charge in [0.1, 0.15) is 0 Å². The maximum Gasteiger partial charge on any atom is 0.303 e. The van der Waals surface area contributed by atoms with Crippen LogP contribution in [0.25, 0.3) is 11.1 Å². The molecule has 1 saturated heterocycles. The third-order valence-electron chi connectivity index (χ3n) is 9.04. The van der Waals surface area contributed by atoms with Gasteiger partial charge < -0.3 is 25.0 Å². The van der Waals surface area contributed by atoms with E-state index in [1.165, 1.54) is 25.7 Å². The number of carboxylic acids is 1. The Hall–Kier alpha value is -3.82. The van der Waals surface area contributed by atoms with E-state index >= 15 is 0 Å². The molecule has 8 nitrogen and oxygen atoms in total. The molecule has 1 amide bonds. The normalized spacial score (nSPS) is 20.1. The summed E-state index contributed by atoms with van der Waals surface area (Å²) in [6.07, 6.45) is 7.46. The van der Waals surface area contributed by atoms with Crippen molar-refractivity contribution in [2.45, 2.75) is 89.1 Å². The van der Waals surface area contributed by atoms with E-state index < -0.39 is 12.3 Å². The Morgan fingerprint density at radius 3 is 2.35 bits per heavy atom. The summed E-state index contributed by atoms with van der Waals surface area (Å²) < 4.78 is 13.3. The van der Waals surface area contributed by atoms with Crippen LogP contribution in [-0.2, 0) is 32.2 Å². The minimum Gasteiger partial charge on any atom is -0.481 e. The van der Waals surface area contributed by atoms with Crippen molar-refractivity contribution in [3.63, 3.8) is 0 Å². The van der Waals surface area contributed by atoms with Gasteiger partial charge in [-0.25, -0.2) is 0 Å². The predicted octanol–water partition coefficient (Wildman–Crippen LogP) is 6.69. The van der Waals surface area contributed by atoms with E-state index in [1.54, 1.807) is 0 Å². The van der Waals surface area contributed by atoms with Gasteiger partial charge in [-0.05, 0) is 47.1 Å². The van der Waals surface area contributed by atoms with Crippen molar-refractivity contribution in [2.75, 3.05) is 13.1 Å². The Bertz CT molecular complexity index is 1430. The van der Waals surface area contributed by atoms with E-state index in [4.69, 9.17) is 14.6 Å². The first-order valence-corrected chi connectivity index (χ1v) is 16.5. The number of benzene rings is 3. The van der Waals surface area contributed by atoms with Gasteiger partial charge in [0.2, 0.25) is 5.91 Å². The third-order valence-corrected chi connectivity index (χ3v) is 9.04. The molecule has 0 radical (unpaired) electrons. The summed E-state index contributed by atoms with van der Waals surface area (Å²) in [4.78, 5) is 25.6. The lowest BCUT2D eigenvalue weighted by molar-refractivity contribution is -0.253. The molecule has 1 heterocycles. The molecule has 3 atom stereocenters. The van der Waals surface area contributed by atoms with Gasteiger partial charge in [-0.1, -0.05) is 91.7 Å². The first-order chi connectivity index (χ1) is 22.4. The number of rotatable bonds is 15. The second-order valence-electron chi connectivity index (χ2n) is 12.3. The highest BCUT2D eigenvalue weighted by Crippen LogP contribution is 2.39. The van der Waals surface area contributed by atoms with Crippen LogP contribution in [0.4, 0.5) is 0 Å². The molecule has 5 rings (SSSR count). The fraction of sp³-hybridized carbons (Fsp3) is 0.421. The Kier molecular flexibility index (Phi) is 12.1. The van der Waals surface area contributed by atoms with Crippen LogP contribution >= 0.6 is 0 Å². The highest BCUT2D eigenvalue weighted by atomic mass is 16.7. The number of carbonyl (C=O) groups excluding carboxylic acids is 1. The first kappa shape index (κ1) is 33.5. The third kappa shape index (κ3) is 9.13. The van der Waals surface area contributed by atoms with Crippen LogP contribution in [-0.4, -0.2) is 52.2 Å². The van der Waals surface area contributed by atoms with Crippen molar-refractivity contribution in [3.8, 4) is 11.1 Å². The average molecular weight is 627 g/mol. The second-order valence-corrected chi connectivity index (χ2v) is 12.3. The topological polar surface area (TPSA) is 108 Å². The lowest BCUT2D eigenvalue weighted by atomic mass is 9.97. The summed E-state index contributed by atoms with van der Waals surface area (Å²) in [6, 6.07) is 24.7. The van der Waals surface area contributed by atoms with E-state index in [1.807, 2.05) is 66.7 Å². The molecule has 3 aromatic rings. The summed E-state index contributed by atoms with van der Waals surface area (Å²) >= 11 is 0. The van der Waals surface area contributed by atoms with Crippen LogP contribution < -0.4 is 5.32 Å². The quantitative estimate of drug-likeness (QED) is 0.161. The van der Waals surface area contributed by atoms with Gasteiger partial charge in [0.05, 0.1) is 18.8 Å². The molecule has 0 unspecified atom stereocenters. The van der Waals surface area contributed by atoms with Crippen molar-refractivity contribution in [1.29, 1.82) is 0 Å². The highest BCUT2D eigenvalue weighted by Gasteiger charge is 2.34. The number of hydrogen-bond acceptors (Lipinski definition) is 6. The molecular weight excluding hydrogens is 580 g/mol. The number of hydrogen-bond donors (Lipinski definition) is 3. The van der Waals surface area contributed by atoms with Crippen LogP contribution in [0.1, 0.15) is 86.0 Å². The Morgan fingerprint density at radius 2 is 1.65 bits per heavy atom. The van der Waals surface area contributed by atoms with Gasteiger partial charge in [-0.2, -0.15) is 0 Å². The minimum absolute atomic E-state index is 0.00665. The van der Waals surface area contributed by atoms with Gasteiger partial charge in [-0.15, -0.1) is 6.58 Å². The van der Waals surface area contributed by atoms with E-state index in [9.17, 15) is 14.7 Å². The summed E-state index contributed by atoms with van der Waals surface area (Å²) in [7, 11) is 0. The number of nitrogens with zero attached hydrogens (tertiary/aromatic N) is 1. The molecule has 0 bridgehead atoms. The van der Waals surface area contributed by atoms with Gasteiger partial charge in [-0.3, -0.25) is 14.5 Å². The van der Waals surface area contributed by atoms with Gasteiger partial charge in [0.25, 0.3) is 0 Å². The van der Waals surface area contributed by atoms with Gasteiger partial charge in [0.15, 0.2) is 6.29 Å². The predicted molar refractivity (Wildman–Crippen MR) is 178 cm³/mol. The van der Waals surface area contributed by atoms with Crippen molar-refractivity contribution >= 4 is 11.9 Å². The highest BCUT2D eigenvalue weighted by molar-refractivity contribution is 5.77. The van der Waals surface area contributed by atoms with Crippen LogP contribution in [0.5, 0.6) is 0 Å². The maximum atomic E-state index is 12.3. The number of aliphatic carboxylic acids is 1. The standard InChI is InChI=1S/C38H46N2O6/c1-2-22-40(32-9-4-5-10-32)25-33-23-35(29-16-14-27(26-41)15-17-29)46-38(45-33)30-20-18-28(19-21-30)34-11-6-3-8-31(34)24-39-36(42)12-7-13-37(43)44/h2-3,6,8,11,14-21,32-33,35,38,41H,1,4-5,7,9-10,12-13,22-26H2,(H,39,42)(H,43,44)/t33-,35+,38+/m0/s1. The van der Waals surface area contributed by atoms with E-state index in [0.717, 1.165) is 52.9 Å². The van der Waals surface area contributed by atoms with E-state index in [0.29, 0.717) is 19.0 Å². The molecule has 46 heavy (non-hydrogen) atoms. The fourth-order valence-electron chi connectivity index (χ4n) is 6.56. The SMILES string of the molecule is C=CCN(C[C@@H]1C[C@H](c2ccc(CO)cc2)O[C@H](c2ccc(-c3ccccc3CNC(=O)CCCC(=O)O)cc2)O1)C1CCCC1. The number of amides is 1. The smallest absolute Gasteiger partial charge is 0.303 e. The fourth-order valence-corrected chi connectivity index (χ4v) is 6.56. The summed E-state index contributed by atoms with van der Waals surface area (Å²) in [6.45, 7) is 6.03. The molecule has 244 valence electrons. The summed E-state index contributed by atoms with van der Waals surface area (Å²) in [5.41, 5.74) is 5.89. The van der Waals surface area contributed by atoms with Crippen LogP contribution in [0, 0.1) is 0 Å². The maximum absolute atomic E-state index is 12.3. The average Bonchev–Trinajstić information content (AvgIpc) is 3.62. The Balaban J connectivity index is 1.31. The number of carbonyl (C=O) groups is 2. The van der Waals surface area contributed by atoms with Gasteiger partial charge >= 0.3 is 5.97 Å². The van der Waals surface area contributed by atoms with Crippen LogP contribution in [0.2, 0.25) is 0 Å². The first-order valence-electron chi connectivity index (χ1n) is 16.5. The number of carboxylic acid groups (broad SMARTS) is 1. The minimum atomic E-state index is -0.896. The summed E-state index contributed by atoms with van der Waals surface area (Å²) in [5, 5.41) is 21.3. The van der Waals surface area contributed by atoms with Crippen LogP contribution in [0.15, 0.2) is 85.5 Å². The molecule has 1 aliphatic heterocycles. The van der Waals surface area contributed by atoms with Crippen LogP contribution in [0.3, 0.4) is 0 Å². The molecule has 0 spiro atoms. The van der Waals surface area contributed by atoms with Crippen molar-refractivity contribution < 1.29 is 29.3 Å². The monoisotopic (exact) mass is 626 g/mol. The summed E-state index contributed by atoms with van der Waals surface area (Å²) in [5.74, 6) is -1.06. The number of ether oxygens (including phenoxy) is 2. The van der Waals surface area contributed by atoms with E-state index in [-0.39, 0.29) is 37.6 Å². The van der Waals surface area contributed by atoms with Crippen molar-refractivity contribution in [3.05, 3.63) is 108 Å². The molecule has 8 heteroatoms. The molecule has 0 aromatic heterocycles. The Labute approximate surface area is 272 Å². The van der Waals surface area contributed by atoms with Crippen molar-refractivity contribution in [1.82, 2.24) is 10.2 Å². The number of nitrogens with one attached hydrogen (secondary N) is 1. The van der Waals surface area contributed by atoms with Crippen molar-refractivity contribution in [2.24, 2.45) is 0 Å². The molecule has 2 fully saturated rings. The largest absolute Gasteiger partial charge is 0.481 e. The lowest BCUT2D eigenvalue weighted by Gasteiger charge is -2.39. The molecule has 3 aromatic carbocycles. The zero-order valence-corrected chi connectivity index (χ0v) is 26.5.